The molecule has 5 nitrogen and oxygen atoms in total. The van der Waals surface area contributed by atoms with E-state index in [1.54, 1.807) is 4.90 Å². The summed E-state index contributed by atoms with van der Waals surface area (Å²) in [5.74, 6) is -0.124. The van der Waals surface area contributed by atoms with E-state index in [1.165, 1.54) is 22.5 Å². The number of nitrogens with one attached hydrogen (secondary N) is 1. The summed E-state index contributed by atoms with van der Waals surface area (Å²) >= 11 is 1.41. The van der Waals surface area contributed by atoms with Gasteiger partial charge in [0, 0.05) is 22.9 Å². The molecule has 27 heavy (non-hydrogen) atoms. The van der Waals surface area contributed by atoms with E-state index < -0.39 is 11.5 Å². The van der Waals surface area contributed by atoms with Crippen LogP contribution < -0.4 is 5.32 Å². The summed E-state index contributed by atoms with van der Waals surface area (Å²) in [5.41, 5.74) is 3.87. The SMILES string of the molecule is Cc1ccc(-c2csc(NC(=O)C3CCCN3C(=O)C(C)(C)C)n2)cc1C. The Labute approximate surface area is 164 Å². The molecule has 1 atom stereocenters. The molecule has 0 bridgehead atoms. The number of carbonyl (C=O) groups is 2. The van der Waals surface area contributed by atoms with Crippen molar-refractivity contribution in [1.82, 2.24) is 9.88 Å². The standard InChI is InChI=1S/C21H27N3O2S/c1-13-8-9-15(11-14(13)2)16-12-27-20(22-16)23-18(25)17-7-6-10-24(17)19(26)21(3,4)5/h8-9,11-12,17H,6-7,10H2,1-5H3,(H,22,23,25). The Balaban J connectivity index is 1.72. The highest BCUT2D eigenvalue weighted by Crippen LogP contribution is 2.29. The van der Waals surface area contributed by atoms with Crippen LogP contribution in [0.15, 0.2) is 23.6 Å². The molecule has 6 heteroatoms. The molecular weight excluding hydrogens is 358 g/mol. The molecule has 1 aromatic carbocycles. The highest BCUT2D eigenvalue weighted by molar-refractivity contribution is 7.14. The molecule has 1 aromatic heterocycles. The van der Waals surface area contributed by atoms with Gasteiger partial charge in [-0.05, 0) is 43.9 Å². The predicted molar refractivity (Wildman–Crippen MR) is 110 cm³/mol. The van der Waals surface area contributed by atoms with Gasteiger partial charge in [-0.15, -0.1) is 11.3 Å². The average Bonchev–Trinajstić information content (AvgIpc) is 3.25. The number of thiazole rings is 1. The normalized spacial score (nSPS) is 17.2. The maximum atomic E-state index is 12.8. The van der Waals surface area contributed by atoms with Crippen LogP contribution in [-0.4, -0.2) is 34.3 Å². The highest BCUT2D eigenvalue weighted by atomic mass is 32.1. The molecule has 144 valence electrons. The van der Waals surface area contributed by atoms with E-state index in [0.717, 1.165) is 17.7 Å². The van der Waals surface area contributed by atoms with Crippen LogP contribution in [0.1, 0.15) is 44.7 Å². The number of carbonyl (C=O) groups excluding carboxylic acids is 2. The van der Waals surface area contributed by atoms with Crippen molar-refractivity contribution in [2.75, 3.05) is 11.9 Å². The molecule has 0 radical (unpaired) electrons. The Hall–Kier alpha value is -2.21. The van der Waals surface area contributed by atoms with Gasteiger partial charge >= 0.3 is 0 Å². The largest absolute Gasteiger partial charge is 0.330 e. The number of hydrogen-bond donors (Lipinski definition) is 1. The van der Waals surface area contributed by atoms with Crippen molar-refractivity contribution >= 4 is 28.3 Å². The van der Waals surface area contributed by atoms with Gasteiger partial charge < -0.3 is 10.2 Å². The minimum absolute atomic E-state index is 0.0232. The zero-order valence-electron chi connectivity index (χ0n) is 16.6. The van der Waals surface area contributed by atoms with Gasteiger partial charge in [-0.3, -0.25) is 9.59 Å². The number of rotatable bonds is 3. The first-order chi connectivity index (χ1) is 12.7. The lowest BCUT2D eigenvalue weighted by Gasteiger charge is -2.30. The molecule has 1 N–H and O–H groups in total. The molecule has 1 saturated heterocycles. The van der Waals surface area contributed by atoms with Crippen molar-refractivity contribution in [1.29, 1.82) is 0 Å². The lowest BCUT2D eigenvalue weighted by atomic mass is 9.94. The summed E-state index contributed by atoms with van der Waals surface area (Å²) in [6, 6.07) is 5.82. The van der Waals surface area contributed by atoms with E-state index in [4.69, 9.17) is 0 Å². The summed E-state index contributed by atoms with van der Waals surface area (Å²) in [6.07, 6.45) is 1.55. The van der Waals surface area contributed by atoms with Gasteiger partial charge in [-0.25, -0.2) is 4.98 Å². The minimum atomic E-state index is -0.486. The number of anilines is 1. The molecule has 1 aliphatic rings. The topological polar surface area (TPSA) is 62.3 Å². The predicted octanol–water partition coefficient (Wildman–Crippen LogP) is 4.40. The molecule has 2 heterocycles. The van der Waals surface area contributed by atoms with Gasteiger partial charge in [-0.2, -0.15) is 0 Å². The van der Waals surface area contributed by atoms with Gasteiger partial charge in [0.15, 0.2) is 5.13 Å². The number of aryl methyl sites for hydroxylation is 2. The third kappa shape index (κ3) is 4.21. The van der Waals surface area contributed by atoms with E-state index >= 15 is 0 Å². The van der Waals surface area contributed by atoms with Crippen molar-refractivity contribution in [2.24, 2.45) is 5.41 Å². The van der Waals surface area contributed by atoms with Crippen molar-refractivity contribution in [3.05, 3.63) is 34.7 Å². The van der Waals surface area contributed by atoms with Crippen LogP contribution in [0.4, 0.5) is 5.13 Å². The van der Waals surface area contributed by atoms with Crippen molar-refractivity contribution < 1.29 is 9.59 Å². The first-order valence-corrected chi connectivity index (χ1v) is 10.2. The van der Waals surface area contributed by atoms with Crippen molar-refractivity contribution in [3.8, 4) is 11.3 Å². The van der Waals surface area contributed by atoms with Gasteiger partial charge in [0.25, 0.3) is 0 Å². The summed E-state index contributed by atoms with van der Waals surface area (Å²) in [6.45, 7) is 10.5. The smallest absolute Gasteiger partial charge is 0.248 e. The highest BCUT2D eigenvalue weighted by Gasteiger charge is 2.38. The van der Waals surface area contributed by atoms with E-state index in [1.807, 2.05) is 32.2 Å². The molecule has 1 fully saturated rings. The van der Waals surface area contributed by atoms with E-state index in [0.29, 0.717) is 18.1 Å². The fourth-order valence-corrected chi connectivity index (χ4v) is 3.99. The third-order valence-corrected chi connectivity index (χ3v) is 5.75. The Morgan fingerprint density at radius 3 is 2.63 bits per heavy atom. The van der Waals surface area contributed by atoms with Crippen LogP contribution in [0.2, 0.25) is 0 Å². The first kappa shape index (κ1) is 19.5. The van der Waals surface area contributed by atoms with Crippen LogP contribution in [0.5, 0.6) is 0 Å². The Kier molecular flexibility index (Phi) is 5.38. The maximum Gasteiger partial charge on any atom is 0.248 e. The minimum Gasteiger partial charge on any atom is -0.330 e. The summed E-state index contributed by atoms with van der Waals surface area (Å²) in [5, 5.41) is 5.43. The molecule has 2 amide bonds. The van der Waals surface area contributed by atoms with Crippen molar-refractivity contribution in [2.45, 2.75) is 53.5 Å². The summed E-state index contributed by atoms with van der Waals surface area (Å²) < 4.78 is 0. The zero-order valence-corrected chi connectivity index (χ0v) is 17.4. The van der Waals surface area contributed by atoms with Gasteiger partial charge in [0.1, 0.15) is 6.04 Å². The van der Waals surface area contributed by atoms with Gasteiger partial charge in [-0.1, -0.05) is 32.9 Å². The van der Waals surface area contributed by atoms with Crippen LogP contribution in [0.3, 0.4) is 0 Å². The maximum absolute atomic E-state index is 12.8. The molecule has 0 aliphatic carbocycles. The monoisotopic (exact) mass is 385 g/mol. The number of likely N-dealkylation sites (tertiary alicyclic amines) is 1. The van der Waals surface area contributed by atoms with Crippen LogP contribution in [-0.2, 0) is 9.59 Å². The average molecular weight is 386 g/mol. The fraction of sp³-hybridized carbons (Fsp3) is 0.476. The van der Waals surface area contributed by atoms with Crippen molar-refractivity contribution in [3.63, 3.8) is 0 Å². The number of benzene rings is 1. The second-order valence-corrected chi connectivity index (χ2v) is 9.09. The number of hydrogen-bond acceptors (Lipinski definition) is 4. The first-order valence-electron chi connectivity index (χ1n) is 9.32. The second-order valence-electron chi connectivity index (χ2n) is 8.23. The van der Waals surface area contributed by atoms with Crippen LogP contribution >= 0.6 is 11.3 Å². The van der Waals surface area contributed by atoms with E-state index in [-0.39, 0.29) is 11.8 Å². The third-order valence-electron chi connectivity index (χ3n) is 4.99. The lowest BCUT2D eigenvalue weighted by molar-refractivity contribution is -0.143. The molecule has 1 aliphatic heterocycles. The summed E-state index contributed by atoms with van der Waals surface area (Å²) in [7, 11) is 0. The van der Waals surface area contributed by atoms with E-state index in [2.05, 4.69) is 36.3 Å². The Morgan fingerprint density at radius 1 is 1.22 bits per heavy atom. The molecule has 2 aromatic rings. The quantitative estimate of drug-likeness (QED) is 0.852. The van der Waals surface area contributed by atoms with Crippen LogP contribution in [0, 0.1) is 19.3 Å². The van der Waals surface area contributed by atoms with Gasteiger partial charge in [0.2, 0.25) is 11.8 Å². The molecule has 0 saturated carbocycles. The Bertz CT molecular complexity index is 867. The lowest BCUT2D eigenvalue weighted by Crippen LogP contribution is -2.47. The molecule has 1 unspecified atom stereocenters. The van der Waals surface area contributed by atoms with Gasteiger partial charge in [0.05, 0.1) is 5.69 Å². The number of aromatic nitrogens is 1. The van der Waals surface area contributed by atoms with E-state index in [9.17, 15) is 9.59 Å². The molecule has 0 spiro atoms. The van der Waals surface area contributed by atoms with Crippen LogP contribution in [0.25, 0.3) is 11.3 Å². The Morgan fingerprint density at radius 2 is 1.96 bits per heavy atom. The second kappa shape index (κ2) is 7.43. The molecular formula is C21H27N3O2S. The zero-order chi connectivity index (χ0) is 19.8. The number of amides is 2. The fourth-order valence-electron chi connectivity index (χ4n) is 3.27. The molecule has 3 rings (SSSR count). The summed E-state index contributed by atoms with van der Waals surface area (Å²) in [4.78, 5) is 31.7. The number of nitrogens with zero attached hydrogens (tertiary/aromatic N) is 2.